The van der Waals surface area contributed by atoms with Crippen molar-refractivity contribution in [2.24, 2.45) is 0 Å². The zero-order valence-corrected chi connectivity index (χ0v) is 11.8. The molecule has 21 heavy (non-hydrogen) atoms. The highest BCUT2D eigenvalue weighted by atomic mass is 19.3. The minimum absolute atomic E-state index is 0.0763. The van der Waals surface area contributed by atoms with Crippen molar-refractivity contribution < 1.29 is 18.7 Å². The third-order valence-corrected chi connectivity index (χ3v) is 3.65. The van der Waals surface area contributed by atoms with Crippen molar-refractivity contribution in [2.75, 3.05) is 32.8 Å². The summed E-state index contributed by atoms with van der Waals surface area (Å²) in [6.07, 6.45) is -1.72. The van der Waals surface area contributed by atoms with Gasteiger partial charge in [-0.25, -0.2) is 8.78 Å². The number of rotatable bonds is 6. The Bertz CT molecular complexity index is 482. The van der Waals surface area contributed by atoms with Crippen LogP contribution < -0.4 is 0 Å². The highest BCUT2D eigenvalue weighted by Crippen LogP contribution is 2.18. The van der Waals surface area contributed by atoms with E-state index >= 15 is 0 Å². The van der Waals surface area contributed by atoms with Gasteiger partial charge in [-0.05, 0) is 17.5 Å². The van der Waals surface area contributed by atoms with Crippen molar-refractivity contribution in [3.8, 4) is 0 Å². The quantitative estimate of drug-likeness (QED) is 0.856. The molecule has 1 heterocycles. The molecule has 4 nitrogen and oxygen atoms in total. The molecule has 1 aromatic carbocycles. The number of fused-ring (bicyclic) bond motifs is 1. The zero-order valence-electron chi connectivity index (χ0n) is 11.8. The number of aliphatic hydroxyl groups is 1. The molecule has 0 fully saturated rings. The number of carbonyl (C=O) groups is 1. The molecule has 0 radical (unpaired) electrons. The van der Waals surface area contributed by atoms with Crippen molar-refractivity contribution >= 4 is 5.91 Å². The lowest BCUT2D eigenvalue weighted by Crippen LogP contribution is -2.44. The normalized spacial score (nSPS) is 14.6. The van der Waals surface area contributed by atoms with Gasteiger partial charge in [-0.1, -0.05) is 24.3 Å². The highest BCUT2D eigenvalue weighted by Gasteiger charge is 2.23. The average Bonchev–Trinajstić information content (AvgIpc) is 2.46. The number of halogens is 2. The van der Waals surface area contributed by atoms with E-state index in [1.165, 1.54) is 10.5 Å². The molecule has 1 aromatic rings. The van der Waals surface area contributed by atoms with Crippen LogP contribution >= 0.6 is 0 Å². The van der Waals surface area contributed by atoms with Gasteiger partial charge in [0.15, 0.2) is 0 Å². The van der Waals surface area contributed by atoms with Crippen LogP contribution in [0.5, 0.6) is 0 Å². The lowest BCUT2D eigenvalue weighted by atomic mass is 10.00. The van der Waals surface area contributed by atoms with Gasteiger partial charge in [0, 0.05) is 19.6 Å². The Hall–Kier alpha value is -1.53. The van der Waals surface area contributed by atoms with Crippen LogP contribution in [0.3, 0.4) is 0 Å². The van der Waals surface area contributed by atoms with Crippen LogP contribution in [-0.4, -0.2) is 60.0 Å². The number of nitrogens with zero attached hydrogens (tertiary/aromatic N) is 2. The van der Waals surface area contributed by atoms with E-state index in [9.17, 15) is 13.6 Å². The molecule has 1 amide bonds. The Labute approximate surface area is 123 Å². The van der Waals surface area contributed by atoms with Gasteiger partial charge in [-0.3, -0.25) is 9.69 Å². The van der Waals surface area contributed by atoms with Crippen LogP contribution in [-0.2, 0) is 17.8 Å². The fraction of sp³-hybridized carbons (Fsp3) is 0.533. The number of hydrogen-bond donors (Lipinski definition) is 1. The van der Waals surface area contributed by atoms with Crippen LogP contribution in [0.4, 0.5) is 8.78 Å². The van der Waals surface area contributed by atoms with E-state index in [2.05, 4.69) is 0 Å². The molecule has 0 bridgehead atoms. The lowest BCUT2D eigenvalue weighted by Gasteiger charge is -2.31. The molecule has 116 valence electrons. The van der Waals surface area contributed by atoms with E-state index in [1.807, 2.05) is 24.3 Å². The van der Waals surface area contributed by atoms with E-state index in [1.54, 1.807) is 4.90 Å². The van der Waals surface area contributed by atoms with Gasteiger partial charge in [-0.15, -0.1) is 0 Å². The van der Waals surface area contributed by atoms with Gasteiger partial charge in [0.05, 0.1) is 19.7 Å². The summed E-state index contributed by atoms with van der Waals surface area (Å²) >= 11 is 0. The van der Waals surface area contributed by atoms with Crippen molar-refractivity contribution in [3.05, 3.63) is 35.4 Å². The number of aliphatic hydroxyl groups excluding tert-OH is 1. The fourth-order valence-corrected chi connectivity index (χ4v) is 2.57. The molecule has 2 rings (SSSR count). The minimum Gasteiger partial charge on any atom is -0.395 e. The summed E-state index contributed by atoms with van der Waals surface area (Å²) in [5.41, 5.74) is 2.35. The summed E-state index contributed by atoms with van der Waals surface area (Å²) in [5, 5.41) is 8.89. The molecule has 0 unspecified atom stereocenters. The molecule has 6 heteroatoms. The second kappa shape index (κ2) is 7.47. The standard InChI is InChI=1S/C15H20F2N2O2/c16-14(17)10-18(7-8-20)11-15(21)19-6-5-12-3-1-2-4-13(12)9-19/h1-4,14,20H,5-11H2. The monoisotopic (exact) mass is 298 g/mol. The number of hydrogen-bond acceptors (Lipinski definition) is 3. The molecule has 1 N–H and O–H groups in total. The van der Waals surface area contributed by atoms with Crippen molar-refractivity contribution in [1.29, 1.82) is 0 Å². The van der Waals surface area contributed by atoms with Crippen molar-refractivity contribution in [1.82, 2.24) is 9.80 Å². The first-order valence-electron chi connectivity index (χ1n) is 7.06. The highest BCUT2D eigenvalue weighted by molar-refractivity contribution is 5.78. The molecule has 0 saturated carbocycles. The van der Waals surface area contributed by atoms with Gasteiger partial charge in [-0.2, -0.15) is 0 Å². The van der Waals surface area contributed by atoms with E-state index in [0.717, 1.165) is 12.0 Å². The molecular weight excluding hydrogens is 278 g/mol. The van der Waals surface area contributed by atoms with Crippen LogP contribution in [0.2, 0.25) is 0 Å². The first kappa shape index (κ1) is 15.9. The van der Waals surface area contributed by atoms with Crippen LogP contribution in [0.15, 0.2) is 24.3 Å². The van der Waals surface area contributed by atoms with Gasteiger partial charge in [0.2, 0.25) is 5.91 Å². The van der Waals surface area contributed by atoms with E-state index in [0.29, 0.717) is 13.1 Å². The Balaban J connectivity index is 1.94. The Morgan fingerprint density at radius 1 is 1.33 bits per heavy atom. The Morgan fingerprint density at radius 3 is 2.71 bits per heavy atom. The molecule has 0 spiro atoms. The molecule has 0 aliphatic carbocycles. The van der Waals surface area contributed by atoms with E-state index in [4.69, 9.17) is 5.11 Å². The lowest BCUT2D eigenvalue weighted by molar-refractivity contribution is -0.133. The maximum atomic E-state index is 12.4. The minimum atomic E-state index is -2.51. The molecular formula is C15H20F2N2O2. The van der Waals surface area contributed by atoms with Crippen molar-refractivity contribution in [3.63, 3.8) is 0 Å². The fourth-order valence-electron chi connectivity index (χ4n) is 2.57. The molecule has 1 aliphatic heterocycles. The van der Waals surface area contributed by atoms with Gasteiger partial charge in [0.1, 0.15) is 0 Å². The summed E-state index contributed by atoms with van der Waals surface area (Å²) in [6, 6.07) is 7.94. The summed E-state index contributed by atoms with van der Waals surface area (Å²) in [6.45, 7) is 0.418. The van der Waals surface area contributed by atoms with Crippen LogP contribution in [0.25, 0.3) is 0 Å². The smallest absolute Gasteiger partial charge is 0.251 e. The van der Waals surface area contributed by atoms with Crippen LogP contribution in [0.1, 0.15) is 11.1 Å². The Morgan fingerprint density at radius 2 is 2.05 bits per heavy atom. The molecule has 0 aromatic heterocycles. The van der Waals surface area contributed by atoms with E-state index < -0.39 is 13.0 Å². The Kier molecular flexibility index (Phi) is 5.64. The second-order valence-corrected chi connectivity index (χ2v) is 5.18. The second-order valence-electron chi connectivity index (χ2n) is 5.18. The van der Waals surface area contributed by atoms with E-state index in [-0.39, 0.29) is 25.6 Å². The summed E-state index contributed by atoms with van der Waals surface area (Å²) < 4.78 is 24.9. The molecule has 0 atom stereocenters. The molecule has 1 aliphatic rings. The van der Waals surface area contributed by atoms with Crippen LogP contribution in [0, 0.1) is 0 Å². The largest absolute Gasteiger partial charge is 0.395 e. The number of benzene rings is 1. The topological polar surface area (TPSA) is 43.8 Å². The SMILES string of the molecule is O=C(CN(CCO)CC(F)F)N1CCc2ccccc2C1. The number of amides is 1. The first-order chi connectivity index (χ1) is 10.1. The predicted molar refractivity (Wildman–Crippen MR) is 75.1 cm³/mol. The third-order valence-electron chi connectivity index (χ3n) is 3.65. The molecule has 0 saturated heterocycles. The summed E-state index contributed by atoms with van der Waals surface area (Å²) in [4.78, 5) is 15.2. The zero-order chi connectivity index (χ0) is 15.2. The third kappa shape index (κ3) is 4.47. The predicted octanol–water partition coefficient (Wildman–Crippen LogP) is 1.13. The average molecular weight is 298 g/mol. The van der Waals surface area contributed by atoms with Crippen molar-refractivity contribution in [2.45, 2.75) is 19.4 Å². The van der Waals surface area contributed by atoms with Gasteiger partial charge >= 0.3 is 0 Å². The number of carbonyl (C=O) groups excluding carboxylic acids is 1. The summed E-state index contributed by atoms with van der Waals surface area (Å²) in [5.74, 6) is -0.168. The number of alkyl halides is 2. The van der Waals surface area contributed by atoms with Gasteiger partial charge in [0.25, 0.3) is 6.43 Å². The maximum absolute atomic E-state index is 12.4. The van der Waals surface area contributed by atoms with Gasteiger partial charge < -0.3 is 10.0 Å². The maximum Gasteiger partial charge on any atom is 0.251 e. The first-order valence-corrected chi connectivity index (χ1v) is 7.06. The summed E-state index contributed by atoms with van der Waals surface area (Å²) in [7, 11) is 0.